The zero-order chi connectivity index (χ0) is 12.4. The zero-order valence-electron chi connectivity index (χ0n) is 11.1. The minimum atomic E-state index is 0.344. The summed E-state index contributed by atoms with van der Waals surface area (Å²) < 4.78 is 10.7. The summed E-state index contributed by atoms with van der Waals surface area (Å²) in [7, 11) is 0. The number of fused-ring (bicyclic) bond motifs is 1. The number of rotatable bonds is 4. The molecule has 0 saturated heterocycles. The molecule has 0 bridgehead atoms. The van der Waals surface area contributed by atoms with Gasteiger partial charge in [0.15, 0.2) is 11.5 Å². The summed E-state index contributed by atoms with van der Waals surface area (Å²) in [5.74, 6) is 1.73. The molecule has 0 radical (unpaired) electrons. The van der Waals surface area contributed by atoms with E-state index in [4.69, 9.17) is 9.47 Å². The van der Waals surface area contributed by atoms with E-state index in [1.54, 1.807) is 0 Å². The highest BCUT2D eigenvalue weighted by molar-refractivity contribution is 5.44. The van der Waals surface area contributed by atoms with E-state index in [2.05, 4.69) is 44.7 Å². The second kappa shape index (κ2) is 4.96. The largest absolute Gasteiger partial charge is 0.454 e. The summed E-state index contributed by atoms with van der Waals surface area (Å²) in [4.78, 5) is 2.46. The van der Waals surface area contributed by atoms with Gasteiger partial charge in [-0.2, -0.15) is 0 Å². The predicted molar refractivity (Wildman–Crippen MR) is 68.4 cm³/mol. The molecule has 3 nitrogen and oxygen atoms in total. The highest BCUT2D eigenvalue weighted by Gasteiger charge is 2.17. The van der Waals surface area contributed by atoms with Crippen LogP contribution in [0.4, 0.5) is 0 Å². The molecule has 0 aliphatic carbocycles. The van der Waals surface area contributed by atoms with Crippen molar-refractivity contribution < 1.29 is 9.47 Å². The summed E-state index contributed by atoms with van der Waals surface area (Å²) >= 11 is 0. The first-order chi connectivity index (χ1) is 8.08. The molecular formula is C14H21NO2. The Morgan fingerprint density at radius 2 is 1.71 bits per heavy atom. The van der Waals surface area contributed by atoms with Crippen LogP contribution in [0.25, 0.3) is 0 Å². The third-order valence-corrected chi connectivity index (χ3v) is 3.13. The fourth-order valence-electron chi connectivity index (χ4n) is 2.21. The first-order valence-corrected chi connectivity index (χ1v) is 6.22. The van der Waals surface area contributed by atoms with Gasteiger partial charge in [0.1, 0.15) is 0 Å². The van der Waals surface area contributed by atoms with Crippen molar-refractivity contribution in [2.75, 3.05) is 6.79 Å². The Morgan fingerprint density at radius 1 is 1.06 bits per heavy atom. The van der Waals surface area contributed by atoms with Gasteiger partial charge in [-0.3, -0.25) is 4.90 Å². The van der Waals surface area contributed by atoms with Gasteiger partial charge in [0.25, 0.3) is 0 Å². The number of hydrogen-bond donors (Lipinski definition) is 0. The average molecular weight is 235 g/mol. The number of hydrogen-bond acceptors (Lipinski definition) is 3. The lowest BCUT2D eigenvalue weighted by atomic mass is 10.1. The van der Waals surface area contributed by atoms with Gasteiger partial charge in [0, 0.05) is 18.6 Å². The quantitative estimate of drug-likeness (QED) is 0.800. The smallest absolute Gasteiger partial charge is 0.231 e. The third kappa shape index (κ3) is 2.72. The standard InChI is InChI=1S/C14H21NO2/c1-10(2)15(11(3)4)8-12-5-6-13-14(7-12)17-9-16-13/h5-7,10-11H,8-9H2,1-4H3. The van der Waals surface area contributed by atoms with Crippen LogP contribution in [0.2, 0.25) is 0 Å². The van der Waals surface area contributed by atoms with Crippen molar-refractivity contribution in [2.45, 2.75) is 46.3 Å². The Kier molecular flexibility index (Phi) is 3.57. The summed E-state index contributed by atoms with van der Waals surface area (Å²) in [5, 5.41) is 0. The SMILES string of the molecule is CC(C)N(Cc1ccc2c(c1)OCO2)C(C)C. The molecule has 0 aromatic heterocycles. The fourth-order valence-corrected chi connectivity index (χ4v) is 2.21. The van der Waals surface area contributed by atoms with Crippen LogP contribution in [0.5, 0.6) is 11.5 Å². The van der Waals surface area contributed by atoms with Crippen LogP contribution in [-0.2, 0) is 6.54 Å². The van der Waals surface area contributed by atoms with E-state index in [1.165, 1.54) is 5.56 Å². The van der Waals surface area contributed by atoms with Crippen LogP contribution < -0.4 is 9.47 Å². The maximum Gasteiger partial charge on any atom is 0.231 e. The molecular weight excluding hydrogens is 214 g/mol. The van der Waals surface area contributed by atoms with Crippen LogP contribution >= 0.6 is 0 Å². The van der Waals surface area contributed by atoms with Gasteiger partial charge in [0.2, 0.25) is 6.79 Å². The van der Waals surface area contributed by atoms with Crippen LogP contribution in [0.1, 0.15) is 33.3 Å². The molecule has 1 aromatic rings. The van der Waals surface area contributed by atoms with Crippen molar-refractivity contribution in [3.05, 3.63) is 23.8 Å². The maximum absolute atomic E-state index is 5.40. The molecule has 3 heteroatoms. The molecule has 1 aliphatic rings. The first-order valence-electron chi connectivity index (χ1n) is 6.22. The molecule has 17 heavy (non-hydrogen) atoms. The van der Waals surface area contributed by atoms with Crippen molar-refractivity contribution in [3.8, 4) is 11.5 Å². The lowest BCUT2D eigenvalue weighted by Gasteiger charge is -2.30. The lowest BCUT2D eigenvalue weighted by Crippen LogP contribution is -2.36. The minimum Gasteiger partial charge on any atom is -0.454 e. The van der Waals surface area contributed by atoms with Crippen LogP contribution in [0.3, 0.4) is 0 Å². The van der Waals surface area contributed by atoms with Crippen LogP contribution in [-0.4, -0.2) is 23.8 Å². The molecule has 1 aromatic carbocycles. The first kappa shape index (κ1) is 12.2. The highest BCUT2D eigenvalue weighted by atomic mass is 16.7. The average Bonchev–Trinajstić information content (AvgIpc) is 2.71. The van der Waals surface area contributed by atoms with Crippen molar-refractivity contribution >= 4 is 0 Å². The monoisotopic (exact) mass is 235 g/mol. The second-order valence-electron chi connectivity index (χ2n) is 5.05. The molecule has 1 heterocycles. The van der Waals surface area contributed by atoms with Crippen molar-refractivity contribution in [1.29, 1.82) is 0 Å². The highest BCUT2D eigenvalue weighted by Crippen LogP contribution is 2.33. The number of benzene rings is 1. The normalized spacial score (nSPS) is 14.1. The Morgan fingerprint density at radius 3 is 2.35 bits per heavy atom. The minimum absolute atomic E-state index is 0.344. The van der Waals surface area contributed by atoms with Crippen molar-refractivity contribution in [2.24, 2.45) is 0 Å². The molecule has 0 saturated carbocycles. The molecule has 0 amide bonds. The maximum atomic E-state index is 5.40. The van der Waals surface area contributed by atoms with Gasteiger partial charge < -0.3 is 9.47 Å². The summed E-state index contributed by atoms with van der Waals surface area (Å²) in [6.45, 7) is 10.2. The van der Waals surface area contributed by atoms with E-state index in [0.29, 0.717) is 18.9 Å². The van der Waals surface area contributed by atoms with Crippen molar-refractivity contribution in [3.63, 3.8) is 0 Å². The van der Waals surface area contributed by atoms with Crippen LogP contribution in [0, 0.1) is 0 Å². The van der Waals surface area contributed by atoms with Crippen molar-refractivity contribution in [1.82, 2.24) is 4.90 Å². The Hall–Kier alpha value is -1.22. The topological polar surface area (TPSA) is 21.7 Å². The third-order valence-electron chi connectivity index (χ3n) is 3.13. The van der Waals surface area contributed by atoms with E-state index >= 15 is 0 Å². The van der Waals surface area contributed by atoms with Gasteiger partial charge in [-0.1, -0.05) is 6.07 Å². The van der Waals surface area contributed by atoms with Gasteiger partial charge in [-0.05, 0) is 45.4 Å². The van der Waals surface area contributed by atoms with E-state index in [-0.39, 0.29) is 0 Å². The molecule has 0 fully saturated rings. The summed E-state index contributed by atoms with van der Waals surface area (Å²) in [6.07, 6.45) is 0. The van der Waals surface area contributed by atoms with Gasteiger partial charge in [-0.15, -0.1) is 0 Å². The second-order valence-corrected chi connectivity index (χ2v) is 5.05. The molecule has 0 atom stereocenters. The lowest BCUT2D eigenvalue weighted by molar-refractivity contribution is 0.165. The predicted octanol–water partition coefficient (Wildman–Crippen LogP) is 3.03. The Balaban J connectivity index is 2.12. The Bertz CT molecular complexity index is 380. The molecule has 0 N–H and O–H groups in total. The number of ether oxygens (including phenoxy) is 2. The van der Waals surface area contributed by atoms with E-state index in [0.717, 1.165) is 18.0 Å². The summed E-state index contributed by atoms with van der Waals surface area (Å²) in [5.41, 5.74) is 1.27. The Labute approximate surface area is 103 Å². The molecule has 0 spiro atoms. The molecule has 1 aliphatic heterocycles. The van der Waals surface area contributed by atoms with E-state index in [1.807, 2.05) is 6.07 Å². The fraction of sp³-hybridized carbons (Fsp3) is 0.571. The van der Waals surface area contributed by atoms with Gasteiger partial charge in [-0.25, -0.2) is 0 Å². The summed E-state index contributed by atoms with van der Waals surface area (Å²) in [6, 6.07) is 7.28. The van der Waals surface area contributed by atoms with E-state index in [9.17, 15) is 0 Å². The molecule has 2 rings (SSSR count). The van der Waals surface area contributed by atoms with Crippen LogP contribution in [0.15, 0.2) is 18.2 Å². The molecule has 0 unspecified atom stereocenters. The molecule has 94 valence electrons. The zero-order valence-corrected chi connectivity index (χ0v) is 11.1. The van der Waals surface area contributed by atoms with E-state index < -0.39 is 0 Å². The number of nitrogens with zero attached hydrogens (tertiary/aromatic N) is 1. The van der Waals surface area contributed by atoms with Gasteiger partial charge in [0.05, 0.1) is 0 Å². The van der Waals surface area contributed by atoms with Gasteiger partial charge >= 0.3 is 0 Å².